The van der Waals surface area contributed by atoms with Gasteiger partial charge in [-0.25, -0.2) is 4.79 Å². The van der Waals surface area contributed by atoms with Gasteiger partial charge in [0.25, 0.3) is 0 Å². The maximum atomic E-state index is 12.0. The molecule has 7 heteroatoms. The molecule has 3 rings (SSSR count). The minimum Gasteiger partial charge on any atom is -0.447 e. The number of fused-ring (bicyclic) bond motifs is 2. The van der Waals surface area contributed by atoms with Gasteiger partial charge < -0.3 is 18.6 Å². The lowest BCUT2D eigenvalue weighted by Gasteiger charge is -2.46. The largest absolute Gasteiger partial charge is 0.447 e. The van der Waals surface area contributed by atoms with Crippen molar-refractivity contribution in [2.24, 2.45) is 0 Å². The summed E-state index contributed by atoms with van der Waals surface area (Å²) in [4.78, 5) is 13.8. The van der Waals surface area contributed by atoms with E-state index < -0.39 is 14.1 Å². The van der Waals surface area contributed by atoms with Crippen LogP contribution in [0.5, 0.6) is 0 Å². The second kappa shape index (κ2) is 5.18. The van der Waals surface area contributed by atoms with Crippen molar-refractivity contribution in [2.45, 2.75) is 82.9 Å². The number of hydrogen-bond donors (Lipinski definition) is 0. The van der Waals surface area contributed by atoms with Crippen LogP contribution in [-0.4, -0.2) is 62.6 Å². The summed E-state index contributed by atoms with van der Waals surface area (Å²) in [6.45, 7) is 15.8. The first kappa shape index (κ1) is 17.2. The van der Waals surface area contributed by atoms with Crippen LogP contribution in [0.1, 0.15) is 34.6 Å². The van der Waals surface area contributed by atoms with E-state index in [1.165, 1.54) is 0 Å². The van der Waals surface area contributed by atoms with E-state index in [1.807, 2.05) is 13.8 Å². The molecule has 3 heterocycles. The second-order valence-electron chi connectivity index (χ2n) is 8.78. The Kier molecular flexibility index (Phi) is 3.87. The first-order chi connectivity index (χ1) is 10.4. The van der Waals surface area contributed by atoms with Crippen LogP contribution in [0.3, 0.4) is 0 Å². The topological polar surface area (TPSA) is 57.2 Å². The van der Waals surface area contributed by atoms with E-state index in [0.717, 1.165) is 0 Å². The minimum absolute atomic E-state index is 0.0865. The first-order valence-electron chi connectivity index (χ1n) is 8.38. The fraction of sp³-hybridized carbons (Fsp3) is 0.938. The zero-order valence-electron chi connectivity index (χ0n) is 15.2. The van der Waals surface area contributed by atoms with Crippen LogP contribution >= 0.6 is 0 Å². The lowest BCUT2D eigenvalue weighted by molar-refractivity contribution is -0.153. The molecule has 132 valence electrons. The number of piperidine rings is 1. The van der Waals surface area contributed by atoms with Crippen molar-refractivity contribution >= 4 is 14.4 Å². The molecule has 3 saturated heterocycles. The van der Waals surface area contributed by atoms with Gasteiger partial charge in [0.2, 0.25) is 0 Å². The van der Waals surface area contributed by atoms with Gasteiger partial charge in [-0.05, 0) is 32.0 Å². The van der Waals surface area contributed by atoms with Gasteiger partial charge in [0.05, 0.1) is 18.7 Å². The van der Waals surface area contributed by atoms with Gasteiger partial charge >= 0.3 is 6.09 Å². The third kappa shape index (κ3) is 2.92. The molecular weight excluding hydrogens is 314 g/mol. The first-order valence-corrected chi connectivity index (χ1v) is 11.3. The Bertz CT molecular complexity index is 501. The Morgan fingerprint density at radius 3 is 2.52 bits per heavy atom. The Labute approximate surface area is 139 Å². The Hall–Kier alpha value is -0.633. The molecule has 0 aliphatic carbocycles. The molecule has 0 N–H and O–H groups in total. The monoisotopic (exact) mass is 343 g/mol. The highest BCUT2D eigenvalue weighted by Gasteiger charge is 2.58. The van der Waals surface area contributed by atoms with Crippen LogP contribution in [0, 0.1) is 0 Å². The van der Waals surface area contributed by atoms with E-state index in [9.17, 15) is 4.79 Å². The van der Waals surface area contributed by atoms with Gasteiger partial charge in [0.1, 0.15) is 18.8 Å². The summed E-state index contributed by atoms with van der Waals surface area (Å²) < 4.78 is 24.1. The van der Waals surface area contributed by atoms with Crippen molar-refractivity contribution < 1.29 is 23.4 Å². The van der Waals surface area contributed by atoms with Crippen LogP contribution in [0.15, 0.2) is 0 Å². The van der Waals surface area contributed by atoms with Crippen molar-refractivity contribution in [3.8, 4) is 0 Å². The highest BCUT2D eigenvalue weighted by molar-refractivity contribution is 6.74. The summed E-state index contributed by atoms with van der Waals surface area (Å²) in [6, 6.07) is -0.0876. The van der Waals surface area contributed by atoms with Gasteiger partial charge in [0.15, 0.2) is 14.1 Å². The molecule has 4 atom stereocenters. The molecule has 0 unspecified atom stereocenters. The predicted molar refractivity (Wildman–Crippen MR) is 87.7 cm³/mol. The van der Waals surface area contributed by atoms with E-state index in [-0.39, 0.29) is 35.5 Å². The Morgan fingerprint density at radius 1 is 1.26 bits per heavy atom. The van der Waals surface area contributed by atoms with E-state index in [1.54, 1.807) is 4.90 Å². The van der Waals surface area contributed by atoms with E-state index in [4.69, 9.17) is 18.6 Å². The van der Waals surface area contributed by atoms with Crippen LogP contribution in [0.2, 0.25) is 18.1 Å². The summed E-state index contributed by atoms with van der Waals surface area (Å²) in [7, 11) is -2.01. The maximum Gasteiger partial charge on any atom is 0.410 e. The molecule has 0 bridgehead atoms. The summed E-state index contributed by atoms with van der Waals surface area (Å²) in [6.07, 6.45) is -0.801. The molecule has 3 aliphatic heterocycles. The van der Waals surface area contributed by atoms with Gasteiger partial charge in [-0.15, -0.1) is 0 Å². The number of carbonyl (C=O) groups is 1. The van der Waals surface area contributed by atoms with Crippen LogP contribution in [0.25, 0.3) is 0 Å². The van der Waals surface area contributed by atoms with Crippen molar-refractivity contribution in [3.05, 3.63) is 0 Å². The van der Waals surface area contributed by atoms with Crippen LogP contribution < -0.4 is 0 Å². The molecule has 23 heavy (non-hydrogen) atoms. The SMILES string of the molecule is CC1(C)O[C@@H]2[C@@H](O[Si](C)(C)C(C)(C)C)[C@@H]3COC(=O)N3C[C@H]2O1. The zero-order chi connectivity index (χ0) is 17.2. The fourth-order valence-corrected chi connectivity index (χ4v) is 4.63. The summed E-state index contributed by atoms with van der Waals surface area (Å²) in [5, 5.41) is 0.0865. The minimum atomic E-state index is -2.01. The van der Waals surface area contributed by atoms with Gasteiger partial charge in [-0.3, -0.25) is 4.90 Å². The van der Waals surface area contributed by atoms with E-state index in [2.05, 4.69) is 33.9 Å². The van der Waals surface area contributed by atoms with E-state index in [0.29, 0.717) is 13.2 Å². The van der Waals surface area contributed by atoms with Gasteiger partial charge in [-0.2, -0.15) is 0 Å². The molecule has 0 aromatic carbocycles. The normalized spacial score (nSPS) is 36.7. The molecule has 0 saturated carbocycles. The average Bonchev–Trinajstić information content (AvgIpc) is 2.87. The molecule has 0 aromatic rings. The lowest BCUT2D eigenvalue weighted by atomic mass is 9.95. The van der Waals surface area contributed by atoms with Crippen molar-refractivity contribution in [2.75, 3.05) is 13.2 Å². The standard InChI is InChI=1S/C16H29NO5Si/c1-15(2,3)23(6,7)22-12-10-9-19-14(18)17(10)8-11-13(12)21-16(4,5)20-11/h10-13H,8-9H2,1-7H3/t10-,11+,12-,13-/m0/s1. The van der Waals surface area contributed by atoms with E-state index >= 15 is 0 Å². The third-order valence-electron chi connectivity index (χ3n) is 5.55. The number of amides is 1. The fourth-order valence-electron chi connectivity index (χ4n) is 3.31. The molecule has 3 aliphatic rings. The number of ether oxygens (including phenoxy) is 3. The van der Waals surface area contributed by atoms with Crippen molar-refractivity contribution in [1.82, 2.24) is 4.90 Å². The number of carbonyl (C=O) groups excluding carboxylic acids is 1. The summed E-state index contributed by atoms with van der Waals surface area (Å²) in [5.74, 6) is -0.645. The zero-order valence-corrected chi connectivity index (χ0v) is 16.2. The number of hydrogen-bond acceptors (Lipinski definition) is 5. The summed E-state index contributed by atoms with van der Waals surface area (Å²) in [5.41, 5.74) is 0. The number of cyclic esters (lactones) is 1. The average molecular weight is 343 g/mol. The highest BCUT2D eigenvalue weighted by Crippen LogP contribution is 2.43. The van der Waals surface area contributed by atoms with Crippen molar-refractivity contribution in [3.63, 3.8) is 0 Å². The molecule has 0 aromatic heterocycles. The number of nitrogens with zero attached hydrogens (tertiary/aromatic N) is 1. The highest BCUT2D eigenvalue weighted by atomic mass is 28.4. The van der Waals surface area contributed by atoms with Crippen molar-refractivity contribution in [1.29, 1.82) is 0 Å². The smallest absolute Gasteiger partial charge is 0.410 e. The van der Waals surface area contributed by atoms with Gasteiger partial charge in [0, 0.05) is 0 Å². The third-order valence-corrected chi connectivity index (χ3v) is 10.0. The molecule has 0 spiro atoms. The maximum absolute atomic E-state index is 12.0. The quantitative estimate of drug-likeness (QED) is 0.722. The molecular formula is C16H29NO5Si. The molecule has 1 amide bonds. The number of rotatable bonds is 2. The second-order valence-corrected chi connectivity index (χ2v) is 13.5. The van der Waals surface area contributed by atoms with Gasteiger partial charge in [-0.1, -0.05) is 20.8 Å². The predicted octanol–water partition coefficient (Wildman–Crippen LogP) is 2.73. The molecule has 0 radical (unpaired) electrons. The van der Waals surface area contributed by atoms with Crippen LogP contribution in [-0.2, 0) is 18.6 Å². The summed E-state index contributed by atoms with van der Waals surface area (Å²) >= 11 is 0. The Morgan fingerprint density at radius 2 is 1.91 bits per heavy atom. The molecule has 6 nitrogen and oxygen atoms in total. The van der Waals surface area contributed by atoms with Crippen LogP contribution in [0.4, 0.5) is 4.79 Å². The lowest BCUT2D eigenvalue weighted by Crippen LogP contribution is -2.63. The molecule has 3 fully saturated rings. The Balaban J connectivity index is 1.89.